The number of carbonyl (C=O) groups excluding carboxylic acids is 7. The van der Waals surface area contributed by atoms with Gasteiger partial charge in [-0.1, -0.05) is 102 Å². The zero-order chi connectivity index (χ0) is 95.3. The fourth-order valence-electron chi connectivity index (χ4n) is 16.8. The molecule has 9 aliphatic rings. The number of benzene rings is 9. The minimum atomic E-state index is -2.58. The van der Waals surface area contributed by atoms with E-state index in [-0.39, 0.29) is 51.1 Å². The molecule has 3 saturated heterocycles. The zero-order valence-electron chi connectivity index (χ0n) is 70.0. The molecular weight excluding hydrogens is 1800 g/mol. The van der Waals surface area contributed by atoms with Gasteiger partial charge in [0, 0.05) is 48.7 Å². The number of carboxylic acid groups (broad SMARTS) is 1. The van der Waals surface area contributed by atoms with Crippen LogP contribution in [0.5, 0.6) is 69.0 Å². The van der Waals surface area contributed by atoms with Crippen LogP contribution in [0.3, 0.4) is 0 Å². The van der Waals surface area contributed by atoms with Crippen LogP contribution >= 0.6 is 23.2 Å². The molecule has 7 amide bonds. The molecule has 0 aliphatic carbocycles. The van der Waals surface area contributed by atoms with Crippen molar-refractivity contribution >= 4 is 70.5 Å². The molecule has 9 aliphatic heterocycles. The van der Waals surface area contributed by atoms with Gasteiger partial charge >= 0.3 is 5.97 Å². The molecule has 41 nitrogen and oxygen atoms in total. The van der Waals surface area contributed by atoms with Crippen LogP contribution < -0.4 is 72.0 Å². The molecule has 17 bridgehead atoms. The zero-order valence-corrected chi connectivity index (χ0v) is 71.5. The van der Waals surface area contributed by atoms with Crippen molar-refractivity contribution < 1.29 is 158 Å². The Kier molecular flexibility index (Phi) is 27.5. The van der Waals surface area contributed by atoms with Crippen LogP contribution in [0.15, 0.2) is 170 Å². The Balaban J connectivity index is 0.947. The van der Waals surface area contributed by atoms with E-state index in [0.717, 1.165) is 103 Å². The number of carboxylic acids is 1. The highest BCUT2D eigenvalue weighted by molar-refractivity contribution is 6.32. The molecular formula is C91H89Cl2N9O32. The predicted octanol–water partition coefficient (Wildman–Crippen LogP) is 1.36. The van der Waals surface area contributed by atoms with Crippen LogP contribution in [0.25, 0.3) is 22.3 Å². The minimum absolute atomic E-state index is 0.0344. The molecule has 9 aromatic carbocycles. The third kappa shape index (κ3) is 19.4. The second-order valence-corrected chi connectivity index (χ2v) is 33.5. The number of aliphatic hydroxyl groups is 10. The lowest BCUT2D eigenvalue weighted by Crippen LogP contribution is -2.65. The number of ether oxygens (including phenoxy) is 9. The van der Waals surface area contributed by atoms with E-state index in [2.05, 4.69) is 42.5 Å². The smallest absolute Gasteiger partial charge is 0.330 e. The number of aliphatic carboxylic acids is 1. The Morgan fingerprint density at radius 2 is 1.04 bits per heavy atom. The van der Waals surface area contributed by atoms with Crippen molar-refractivity contribution in [2.24, 2.45) is 5.73 Å². The van der Waals surface area contributed by atoms with E-state index in [9.17, 15) is 91.0 Å². The number of nitrogens with one attached hydrogen (secondary N) is 8. The average Bonchev–Trinajstić information content (AvgIpc) is 0.754. The number of aromatic hydroxyl groups is 4. The molecule has 25 N–H and O–H groups in total. The predicted molar refractivity (Wildman–Crippen MR) is 461 cm³/mol. The molecule has 9 aromatic rings. The number of carbonyl (C=O) groups is 8. The molecule has 0 saturated carbocycles. The van der Waals surface area contributed by atoms with Gasteiger partial charge in [0.05, 0.1) is 35.9 Å². The first kappa shape index (κ1) is 94.1. The van der Waals surface area contributed by atoms with Crippen molar-refractivity contribution in [3.05, 3.63) is 224 Å². The summed E-state index contributed by atoms with van der Waals surface area (Å²) in [5.41, 5.74) is 5.26. The van der Waals surface area contributed by atoms with E-state index in [1.54, 1.807) is 12.1 Å². The van der Waals surface area contributed by atoms with E-state index < -0.39 is 299 Å². The van der Waals surface area contributed by atoms with Gasteiger partial charge in [-0.25, -0.2) is 4.79 Å². The minimum Gasteiger partial charge on any atom is -0.508 e. The Hall–Kier alpha value is -13.1. The number of fused-ring (bicyclic) bond motifs is 14. The van der Waals surface area contributed by atoms with Crippen molar-refractivity contribution in [3.63, 3.8) is 0 Å². The van der Waals surface area contributed by atoms with E-state index in [1.165, 1.54) is 30.3 Å². The number of hydrogen-bond acceptors (Lipinski definition) is 33. The molecule has 0 aromatic heterocycles. The van der Waals surface area contributed by atoms with Gasteiger partial charge in [0.1, 0.15) is 150 Å². The van der Waals surface area contributed by atoms with Crippen LogP contribution in [0.1, 0.15) is 87.7 Å². The van der Waals surface area contributed by atoms with Crippen LogP contribution in [-0.4, -0.2) is 248 Å². The van der Waals surface area contributed by atoms with Gasteiger partial charge in [-0.3, -0.25) is 33.6 Å². The van der Waals surface area contributed by atoms with Gasteiger partial charge in [0.15, 0.2) is 35.3 Å². The monoisotopic (exact) mass is 1890 g/mol. The van der Waals surface area contributed by atoms with E-state index in [0.29, 0.717) is 5.56 Å². The first-order valence-electron chi connectivity index (χ1n) is 41.8. The van der Waals surface area contributed by atoms with Gasteiger partial charge < -0.3 is 167 Å². The summed E-state index contributed by atoms with van der Waals surface area (Å²) in [7, 11) is 0. The SMILES string of the molecule is CC(=O)N[C@H]1[C@H](O[C@@H]2c3ccc(c(Cl)c3)Oc3cc4cc(c3O[C@@H]3O[C@H](CO)[C@@H](O)[C@H](O)[C@H]3NCc3ccc(-c5ccccc5)cc3)Oc3ccc(cc3Cl)C[C@H]3NC(=O)[C@@H](N)c5ccc(O)c(c5)Oc5cc(O)cc(c5)[C@H](NC3=O)C(=O)N[C@H]4C(=O)N[C@H]3C(=O)N[C@@H]2C(=O)N[C@H](C(=O)O)c2cc(O)cc(O[C@H]4O[C@H](CO)[C@@H](O)[C@H](O)[C@@H]4O)c2-c2cc3ccc2O)O[C@H](CO)[C@@H](O)[C@@H]1O. The number of phenolic OH excluding ortho intramolecular Hbond substituents is 4. The average molecular weight is 1890 g/mol. The number of rotatable bonds is 15. The second kappa shape index (κ2) is 39.2. The topological polar surface area (TPSA) is 645 Å². The van der Waals surface area contributed by atoms with Gasteiger partial charge in [-0.2, -0.15) is 0 Å². The fraction of sp³-hybridized carbons (Fsp3) is 0.319. The lowest BCUT2D eigenvalue weighted by molar-refractivity contribution is -0.284. The summed E-state index contributed by atoms with van der Waals surface area (Å²) in [4.78, 5) is 124. The van der Waals surface area contributed by atoms with Crippen LogP contribution in [0.4, 0.5) is 0 Å². The maximum absolute atomic E-state index is 17.1. The normalized spacial score (nSPS) is 28.6. The summed E-state index contributed by atoms with van der Waals surface area (Å²) >= 11 is 14.8. The number of hydrogen-bond donors (Lipinski definition) is 24. The molecule has 704 valence electrons. The van der Waals surface area contributed by atoms with Crippen LogP contribution in [-0.2, 0) is 70.3 Å². The van der Waals surface area contributed by atoms with Crippen molar-refractivity contribution in [2.75, 3.05) is 19.8 Å². The summed E-state index contributed by atoms with van der Waals surface area (Å²) in [5, 5.41) is 192. The Bertz CT molecular complexity index is 6030. The number of aliphatic hydroxyl groups excluding tert-OH is 10. The second-order valence-electron chi connectivity index (χ2n) is 32.7. The van der Waals surface area contributed by atoms with Gasteiger partial charge in [0.25, 0.3) is 0 Å². The highest BCUT2D eigenvalue weighted by Crippen LogP contribution is 2.51. The summed E-state index contributed by atoms with van der Waals surface area (Å²) in [6.45, 7) is -2.20. The molecule has 43 heteroatoms. The Labute approximate surface area is 768 Å². The van der Waals surface area contributed by atoms with Crippen LogP contribution in [0.2, 0.25) is 10.0 Å². The van der Waals surface area contributed by atoms with E-state index >= 15 is 24.0 Å². The third-order valence-corrected chi connectivity index (χ3v) is 24.3. The third-order valence-electron chi connectivity index (χ3n) is 23.7. The molecule has 134 heavy (non-hydrogen) atoms. The standard InChI is InChI=1S/C91H89Cl2N9O32/c1-35(106)96-71-77(115)74(112)62(33-104)131-90(71)133-80-42-14-18-56(51(93)24-42)128-60-27-44-26-59(81(60)134-89-70(76(114)73(111)61(32-103)130-89)95-31-36-7-10-39(11-8-36)38-5-3-2-4-6-38)127-55-17-9-37(19-50(55)92)20-52-82(118)98-67(43-21-45(107)28-47(22-43)126-57-25-40(12-16-54(57)110)65(94)83(119)97-52)85(121)100-68(44)86(122)99-66-41-13-15-53(109)48(23-41)64-49(69(88(124)125)101-87(123)72(80)102-84(66)120)29-46(108)30-58(64)129-91-79(117)78(116)75(113)63(34-105)132-91/h2-19,21-30,52,61-63,65-80,89-91,95,103-105,107-117H,20,31-34,94H2,1H3,(H,96,106)(H,97,119)(H,98,118)(H,99,122)(H,100,121)(H,101,123)(H,102,120)(H,124,125)/t52-,61-,62-,63-,65+,66-,67+,68-,69+,70-,71-,72+,73-,74-,75-,76-,77-,78+,79+,80-,89+,90+,91+/m1/s1. The highest BCUT2D eigenvalue weighted by Gasteiger charge is 2.52. The first-order valence-corrected chi connectivity index (χ1v) is 42.5. The molecule has 3 fully saturated rings. The molecule has 0 spiro atoms. The quantitative estimate of drug-likeness (QED) is 0.0689. The first-order chi connectivity index (χ1) is 64.1. The summed E-state index contributed by atoms with van der Waals surface area (Å²) in [6, 6.07) is 18.0. The Morgan fingerprint density at radius 1 is 0.478 bits per heavy atom. The summed E-state index contributed by atoms with van der Waals surface area (Å²) in [6.07, 6.45) is -28.7. The van der Waals surface area contributed by atoms with Gasteiger partial charge in [-0.15, -0.1) is 0 Å². The van der Waals surface area contributed by atoms with Gasteiger partial charge in [-0.05, 0) is 129 Å². The maximum atomic E-state index is 17.1. The lowest BCUT2D eigenvalue weighted by atomic mass is 9.89. The van der Waals surface area contributed by atoms with E-state index in [4.69, 9.17) is 71.6 Å². The van der Waals surface area contributed by atoms with Crippen molar-refractivity contribution in [1.29, 1.82) is 0 Å². The van der Waals surface area contributed by atoms with E-state index in [1.807, 2.05) is 42.5 Å². The molecule has 18 rings (SSSR count). The molecule has 0 radical (unpaired) electrons. The van der Waals surface area contributed by atoms with Crippen molar-refractivity contribution in [2.45, 2.75) is 160 Å². The van der Waals surface area contributed by atoms with Crippen LogP contribution in [0, 0.1) is 0 Å². The number of phenols is 4. The summed E-state index contributed by atoms with van der Waals surface area (Å²) in [5.74, 6) is -18.5. The molecule has 23 atom stereocenters. The maximum Gasteiger partial charge on any atom is 0.330 e. The number of nitrogens with two attached hydrogens (primary N) is 1. The summed E-state index contributed by atoms with van der Waals surface area (Å²) < 4.78 is 57.9. The highest BCUT2D eigenvalue weighted by atomic mass is 35.5. The largest absolute Gasteiger partial charge is 0.508 e. The van der Waals surface area contributed by atoms with Gasteiger partial charge in [0.2, 0.25) is 59.7 Å². The number of amides is 7. The van der Waals surface area contributed by atoms with Crippen molar-refractivity contribution in [1.82, 2.24) is 42.5 Å². The number of halogens is 2. The molecule has 9 heterocycles. The van der Waals surface area contributed by atoms with Crippen molar-refractivity contribution in [3.8, 4) is 91.2 Å². The molecule has 0 unspecified atom stereocenters. The lowest BCUT2D eigenvalue weighted by Gasteiger charge is -2.44. The fourth-order valence-corrected chi connectivity index (χ4v) is 17.2. The Morgan fingerprint density at radius 3 is 1.68 bits per heavy atom.